The van der Waals surface area contributed by atoms with Crippen molar-refractivity contribution in [2.24, 2.45) is 5.92 Å². The van der Waals surface area contributed by atoms with Gasteiger partial charge in [-0.25, -0.2) is 0 Å². The van der Waals surface area contributed by atoms with Crippen molar-refractivity contribution in [2.75, 3.05) is 13.1 Å². The van der Waals surface area contributed by atoms with Crippen molar-refractivity contribution in [3.8, 4) is 0 Å². The molecule has 1 heteroatoms. The van der Waals surface area contributed by atoms with Gasteiger partial charge in [0.05, 0.1) is 0 Å². The fraction of sp³-hybridized carbons (Fsp3) is 1.00. The van der Waals surface area contributed by atoms with Gasteiger partial charge in [-0.1, -0.05) is 32.6 Å². The summed E-state index contributed by atoms with van der Waals surface area (Å²) >= 11 is 0. The maximum absolute atomic E-state index is 3.33. The van der Waals surface area contributed by atoms with Crippen molar-refractivity contribution < 1.29 is 0 Å². The van der Waals surface area contributed by atoms with E-state index in [1.807, 2.05) is 0 Å². The minimum Gasteiger partial charge on any atom is -0.316 e. The topological polar surface area (TPSA) is 12.0 Å². The van der Waals surface area contributed by atoms with Crippen LogP contribution in [0.1, 0.15) is 45.4 Å². The molecular formula is C10H21N. The van der Waals surface area contributed by atoms with Crippen LogP contribution in [0.4, 0.5) is 0 Å². The molecule has 2 aliphatic rings. The molecule has 1 atom stereocenters. The van der Waals surface area contributed by atoms with E-state index in [9.17, 15) is 0 Å². The van der Waals surface area contributed by atoms with Crippen LogP contribution in [0, 0.1) is 5.92 Å². The number of piperidine rings is 1. The molecule has 0 aromatic heterocycles. The van der Waals surface area contributed by atoms with Crippen LogP contribution in [-0.2, 0) is 0 Å². The van der Waals surface area contributed by atoms with Gasteiger partial charge in [-0.05, 0) is 31.8 Å². The van der Waals surface area contributed by atoms with Crippen molar-refractivity contribution in [3.05, 3.63) is 0 Å². The van der Waals surface area contributed by atoms with Gasteiger partial charge in [0.1, 0.15) is 0 Å². The van der Waals surface area contributed by atoms with E-state index in [4.69, 9.17) is 0 Å². The second-order valence-corrected chi connectivity index (χ2v) is 3.87. The highest BCUT2D eigenvalue weighted by Crippen LogP contribution is 2.15. The number of hydrogen-bond acceptors (Lipinski definition) is 1. The fourth-order valence-corrected chi connectivity index (χ4v) is 1.28. The number of hydrogen-bond donors (Lipinski definition) is 1. The lowest BCUT2D eigenvalue weighted by atomic mass is 10.0. The Bertz CT molecular complexity index is 76.9. The smallest absolute Gasteiger partial charge is 0.00231 e. The zero-order valence-electron chi connectivity index (χ0n) is 7.73. The Labute approximate surface area is 70.6 Å². The van der Waals surface area contributed by atoms with Crippen LogP contribution in [-0.4, -0.2) is 13.1 Å². The van der Waals surface area contributed by atoms with Crippen LogP contribution in [0.3, 0.4) is 0 Å². The Kier molecular flexibility index (Phi) is 4.60. The first-order chi connectivity index (χ1) is 5.39. The van der Waals surface area contributed by atoms with E-state index in [1.165, 1.54) is 51.6 Å². The molecule has 1 aliphatic heterocycles. The molecule has 1 heterocycles. The zero-order chi connectivity index (χ0) is 7.94. The Hall–Kier alpha value is -0.0400. The molecular weight excluding hydrogens is 134 g/mol. The highest BCUT2D eigenvalue weighted by molar-refractivity contribution is 4.63. The summed E-state index contributed by atoms with van der Waals surface area (Å²) in [6.07, 6.45) is 8.80. The maximum atomic E-state index is 3.33. The molecule has 2 rings (SSSR count). The first-order valence-corrected chi connectivity index (χ1v) is 5.10. The lowest BCUT2D eigenvalue weighted by molar-refractivity contribution is 0.405. The van der Waals surface area contributed by atoms with E-state index >= 15 is 0 Å². The van der Waals surface area contributed by atoms with E-state index in [0.717, 1.165) is 5.92 Å². The lowest BCUT2D eigenvalue weighted by Gasteiger charge is -2.17. The second kappa shape index (κ2) is 5.59. The molecule has 1 N–H and O–H groups in total. The van der Waals surface area contributed by atoms with Gasteiger partial charge in [-0.15, -0.1) is 0 Å². The van der Waals surface area contributed by atoms with Crippen LogP contribution in [0.5, 0.6) is 0 Å². The van der Waals surface area contributed by atoms with E-state index in [0.29, 0.717) is 0 Å². The number of rotatable bonds is 0. The van der Waals surface area contributed by atoms with Gasteiger partial charge in [-0.2, -0.15) is 0 Å². The molecule has 1 saturated carbocycles. The average Bonchev–Trinajstić information content (AvgIpc) is 1.85. The van der Waals surface area contributed by atoms with Gasteiger partial charge in [0.15, 0.2) is 0 Å². The number of nitrogens with one attached hydrogen (secondary N) is 1. The summed E-state index contributed by atoms with van der Waals surface area (Å²) in [4.78, 5) is 0. The van der Waals surface area contributed by atoms with E-state index in [2.05, 4.69) is 12.2 Å². The van der Waals surface area contributed by atoms with Crippen molar-refractivity contribution >= 4 is 0 Å². The third-order valence-corrected chi connectivity index (χ3v) is 2.54. The molecule has 1 nitrogen and oxygen atoms in total. The third-order valence-electron chi connectivity index (χ3n) is 2.54. The molecule has 11 heavy (non-hydrogen) atoms. The van der Waals surface area contributed by atoms with Gasteiger partial charge in [-0.3, -0.25) is 0 Å². The van der Waals surface area contributed by atoms with Crippen molar-refractivity contribution in [1.29, 1.82) is 0 Å². The SMILES string of the molecule is C1CCC1.CC1CCCNC1. The average molecular weight is 155 g/mol. The molecule has 2 fully saturated rings. The minimum absolute atomic E-state index is 0.925. The molecule has 0 spiro atoms. The fourth-order valence-electron chi connectivity index (χ4n) is 1.28. The van der Waals surface area contributed by atoms with E-state index in [-0.39, 0.29) is 0 Å². The largest absolute Gasteiger partial charge is 0.316 e. The minimum atomic E-state index is 0.925. The lowest BCUT2D eigenvalue weighted by Crippen LogP contribution is -2.27. The molecule has 1 aliphatic carbocycles. The highest BCUT2D eigenvalue weighted by atomic mass is 14.9. The predicted molar refractivity (Wildman–Crippen MR) is 49.7 cm³/mol. The van der Waals surface area contributed by atoms with Crippen LogP contribution >= 0.6 is 0 Å². The molecule has 1 unspecified atom stereocenters. The first-order valence-electron chi connectivity index (χ1n) is 5.10. The monoisotopic (exact) mass is 155 g/mol. The molecule has 0 bridgehead atoms. The summed E-state index contributed by atoms with van der Waals surface area (Å²) in [6, 6.07) is 0. The Balaban J connectivity index is 0.000000128. The molecule has 0 radical (unpaired) electrons. The van der Waals surface area contributed by atoms with Gasteiger partial charge >= 0.3 is 0 Å². The van der Waals surface area contributed by atoms with Gasteiger partial charge < -0.3 is 5.32 Å². The normalized spacial score (nSPS) is 29.7. The summed E-state index contributed by atoms with van der Waals surface area (Å²) in [6.45, 7) is 4.77. The third kappa shape index (κ3) is 4.41. The summed E-state index contributed by atoms with van der Waals surface area (Å²) in [5, 5.41) is 3.33. The van der Waals surface area contributed by atoms with E-state index in [1.54, 1.807) is 0 Å². The Morgan fingerprint density at radius 2 is 1.64 bits per heavy atom. The van der Waals surface area contributed by atoms with Gasteiger partial charge in [0, 0.05) is 0 Å². The first kappa shape index (κ1) is 9.05. The molecule has 1 saturated heterocycles. The standard InChI is InChI=1S/C6H13N.C4H8/c1-6-3-2-4-7-5-6;1-2-4-3-1/h6-7H,2-5H2,1H3;1-4H2. The van der Waals surface area contributed by atoms with Crippen molar-refractivity contribution in [3.63, 3.8) is 0 Å². The van der Waals surface area contributed by atoms with Gasteiger partial charge in [0.25, 0.3) is 0 Å². The predicted octanol–water partition coefficient (Wildman–Crippen LogP) is 2.57. The van der Waals surface area contributed by atoms with Crippen LogP contribution < -0.4 is 5.32 Å². The summed E-state index contributed by atoms with van der Waals surface area (Å²) in [5.74, 6) is 0.925. The van der Waals surface area contributed by atoms with Crippen LogP contribution in [0.2, 0.25) is 0 Å². The summed E-state index contributed by atoms with van der Waals surface area (Å²) in [5.41, 5.74) is 0. The van der Waals surface area contributed by atoms with Crippen LogP contribution in [0.25, 0.3) is 0 Å². The van der Waals surface area contributed by atoms with Crippen molar-refractivity contribution in [2.45, 2.75) is 45.4 Å². The second-order valence-electron chi connectivity index (χ2n) is 3.87. The zero-order valence-corrected chi connectivity index (χ0v) is 7.73. The quantitative estimate of drug-likeness (QED) is 0.567. The molecule has 0 aromatic carbocycles. The van der Waals surface area contributed by atoms with Crippen LogP contribution in [0.15, 0.2) is 0 Å². The highest BCUT2D eigenvalue weighted by Gasteiger charge is 2.04. The maximum Gasteiger partial charge on any atom is -0.00231 e. The summed E-state index contributed by atoms with van der Waals surface area (Å²) < 4.78 is 0. The van der Waals surface area contributed by atoms with Gasteiger partial charge in [0.2, 0.25) is 0 Å². The Morgan fingerprint density at radius 3 is 1.82 bits per heavy atom. The summed E-state index contributed by atoms with van der Waals surface area (Å²) in [7, 11) is 0. The molecule has 0 aromatic rings. The van der Waals surface area contributed by atoms with E-state index < -0.39 is 0 Å². The molecule has 0 amide bonds. The van der Waals surface area contributed by atoms with Crippen molar-refractivity contribution in [1.82, 2.24) is 5.32 Å². The Morgan fingerprint density at radius 1 is 1.00 bits per heavy atom. The molecule has 66 valence electrons.